The summed E-state index contributed by atoms with van der Waals surface area (Å²) in [5, 5.41) is 11.7. The lowest BCUT2D eigenvalue weighted by molar-refractivity contribution is -0.120. The molecule has 0 spiro atoms. The first-order chi connectivity index (χ1) is 17.1. The second-order valence-electron chi connectivity index (χ2n) is 8.87. The first kappa shape index (κ1) is 24.9. The van der Waals surface area contributed by atoms with Gasteiger partial charge in [-0.2, -0.15) is 5.26 Å². The van der Waals surface area contributed by atoms with E-state index in [0.29, 0.717) is 11.3 Å². The molecule has 1 N–H and O–H groups in total. The van der Waals surface area contributed by atoms with Gasteiger partial charge in [-0.1, -0.05) is 24.3 Å². The van der Waals surface area contributed by atoms with Gasteiger partial charge in [0.15, 0.2) is 5.11 Å². The van der Waals surface area contributed by atoms with Crippen molar-refractivity contribution < 1.29 is 18.4 Å². The smallest absolute Gasteiger partial charge is 0.259 e. The van der Waals surface area contributed by atoms with E-state index in [1.165, 1.54) is 34.1 Å². The molecule has 1 aliphatic rings. The lowest BCUT2D eigenvalue weighted by Crippen LogP contribution is -2.44. The number of nitriles is 1. The Balaban J connectivity index is 1.58. The van der Waals surface area contributed by atoms with E-state index < -0.39 is 23.1 Å². The fourth-order valence-electron chi connectivity index (χ4n) is 4.11. The van der Waals surface area contributed by atoms with Gasteiger partial charge in [0.25, 0.3) is 11.8 Å². The summed E-state index contributed by atoms with van der Waals surface area (Å²) < 4.78 is 29.3. The topological polar surface area (TPSA) is 76.4 Å². The van der Waals surface area contributed by atoms with Crippen molar-refractivity contribution in [1.82, 2.24) is 5.32 Å². The highest BCUT2D eigenvalue weighted by Gasteiger charge is 2.50. The second-order valence-corrected chi connectivity index (χ2v) is 9.23. The van der Waals surface area contributed by atoms with Crippen molar-refractivity contribution in [3.63, 3.8) is 0 Å². The van der Waals surface area contributed by atoms with Gasteiger partial charge in [0.1, 0.15) is 23.2 Å². The quantitative estimate of drug-likeness (QED) is 0.496. The summed E-state index contributed by atoms with van der Waals surface area (Å²) in [4.78, 5) is 28.4. The van der Waals surface area contributed by atoms with Gasteiger partial charge in [0.2, 0.25) is 0 Å². The van der Waals surface area contributed by atoms with E-state index in [4.69, 9.17) is 17.5 Å². The molecule has 0 aromatic heterocycles. The molecule has 36 heavy (non-hydrogen) atoms. The van der Waals surface area contributed by atoms with Crippen LogP contribution in [0.5, 0.6) is 0 Å². The largest absolute Gasteiger partial charge is 0.348 e. The Hall–Kier alpha value is -4.16. The van der Waals surface area contributed by atoms with Crippen LogP contribution in [0.4, 0.5) is 20.2 Å². The zero-order chi connectivity index (χ0) is 26.2. The molecular weight excluding hydrogens is 482 g/mol. The fraction of sp³-hybridized carbons (Fsp3) is 0.185. The maximum absolute atomic E-state index is 15.1. The molecule has 3 aromatic carbocycles. The van der Waals surface area contributed by atoms with Crippen LogP contribution in [0.2, 0.25) is 0 Å². The second kappa shape index (κ2) is 9.47. The van der Waals surface area contributed by atoms with E-state index in [9.17, 15) is 14.0 Å². The van der Waals surface area contributed by atoms with Gasteiger partial charge in [-0.3, -0.25) is 14.5 Å². The van der Waals surface area contributed by atoms with E-state index in [1.54, 1.807) is 38.1 Å². The molecule has 2 amide bonds. The molecule has 6 nitrogen and oxygen atoms in total. The summed E-state index contributed by atoms with van der Waals surface area (Å²) in [7, 11) is 0. The summed E-state index contributed by atoms with van der Waals surface area (Å²) >= 11 is 5.55. The van der Waals surface area contributed by atoms with Crippen molar-refractivity contribution in [3.05, 3.63) is 94.6 Å². The Morgan fingerprint density at radius 3 is 2.36 bits per heavy atom. The van der Waals surface area contributed by atoms with E-state index >= 15 is 4.39 Å². The number of hydrogen-bond donors (Lipinski definition) is 1. The molecular formula is C27H22F2N4O2S. The predicted octanol–water partition coefficient (Wildman–Crippen LogP) is 4.99. The van der Waals surface area contributed by atoms with Crippen LogP contribution in [0.25, 0.3) is 0 Å². The monoisotopic (exact) mass is 504 g/mol. The van der Waals surface area contributed by atoms with Crippen molar-refractivity contribution >= 4 is 40.5 Å². The standard InChI is InChI=1S/C27H22F2N4O2S/c1-16-6-4-5-7-21(16)24(34)31-15-18-9-11-20(13-23(18)29)33-26(36)32(25(35)27(33,2)3)19-10-8-17(14-30)22(28)12-19/h4-13H,15H2,1-3H3,(H,31,34). The Morgan fingerprint density at radius 2 is 1.72 bits per heavy atom. The predicted molar refractivity (Wildman–Crippen MR) is 137 cm³/mol. The number of carbonyl (C=O) groups is 2. The molecule has 1 heterocycles. The SMILES string of the molecule is Cc1ccccc1C(=O)NCc1ccc(N2C(=S)N(c3ccc(C#N)c(F)c3)C(=O)C2(C)C)cc1F. The third-order valence-corrected chi connectivity index (χ3v) is 6.49. The highest BCUT2D eigenvalue weighted by molar-refractivity contribution is 7.81. The molecule has 0 unspecified atom stereocenters. The molecule has 182 valence electrons. The van der Waals surface area contributed by atoms with Gasteiger partial charge in [-0.25, -0.2) is 8.78 Å². The third-order valence-electron chi connectivity index (χ3n) is 6.12. The summed E-state index contributed by atoms with van der Waals surface area (Å²) in [6.45, 7) is 5.07. The minimum atomic E-state index is -1.19. The lowest BCUT2D eigenvalue weighted by Gasteiger charge is -2.29. The van der Waals surface area contributed by atoms with Gasteiger partial charge in [0, 0.05) is 23.4 Å². The number of anilines is 2. The van der Waals surface area contributed by atoms with Crippen LogP contribution in [-0.2, 0) is 11.3 Å². The molecule has 0 atom stereocenters. The number of benzene rings is 3. The van der Waals surface area contributed by atoms with Crippen LogP contribution in [0, 0.1) is 29.9 Å². The number of hydrogen-bond acceptors (Lipinski definition) is 4. The van der Waals surface area contributed by atoms with Crippen molar-refractivity contribution in [1.29, 1.82) is 5.26 Å². The highest BCUT2D eigenvalue weighted by atomic mass is 32.1. The number of rotatable bonds is 5. The van der Waals surface area contributed by atoms with Crippen LogP contribution in [0.15, 0.2) is 60.7 Å². The Kier molecular flexibility index (Phi) is 6.57. The third kappa shape index (κ3) is 4.32. The number of amides is 2. The molecule has 1 aliphatic heterocycles. The lowest BCUT2D eigenvalue weighted by atomic mass is 10.0. The van der Waals surface area contributed by atoms with Crippen molar-refractivity contribution in [2.24, 2.45) is 0 Å². The number of carbonyl (C=O) groups excluding carboxylic acids is 2. The maximum Gasteiger partial charge on any atom is 0.259 e. The first-order valence-electron chi connectivity index (χ1n) is 11.1. The fourth-order valence-corrected chi connectivity index (χ4v) is 4.63. The molecule has 1 fully saturated rings. The summed E-state index contributed by atoms with van der Waals surface area (Å²) in [6.07, 6.45) is 0. The average molecular weight is 505 g/mol. The van der Waals surface area contributed by atoms with Crippen LogP contribution >= 0.6 is 12.2 Å². The number of thiocarbonyl (C=S) groups is 1. The minimum absolute atomic E-state index is 0.0251. The molecule has 3 aromatic rings. The summed E-state index contributed by atoms with van der Waals surface area (Å²) in [5.74, 6) is -2.09. The highest BCUT2D eigenvalue weighted by Crippen LogP contribution is 2.37. The van der Waals surface area contributed by atoms with Crippen molar-refractivity contribution in [2.45, 2.75) is 32.9 Å². The van der Waals surface area contributed by atoms with Gasteiger partial charge >= 0.3 is 0 Å². The molecule has 0 radical (unpaired) electrons. The van der Waals surface area contributed by atoms with Crippen molar-refractivity contribution in [3.8, 4) is 6.07 Å². The zero-order valence-corrected chi connectivity index (χ0v) is 20.6. The van der Waals surface area contributed by atoms with E-state index in [0.717, 1.165) is 11.6 Å². The van der Waals surface area contributed by atoms with Crippen molar-refractivity contribution in [2.75, 3.05) is 9.80 Å². The maximum atomic E-state index is 15.1. The van der Waals surface area contributed by atoms with E-state index in [1.807, 2.05) is 19.1 Å². The number of aryl methyl sites for hydroxylation is 1. The van der Waals surface area contributed by atoms with E-state index in [2.05, 4.69) is 5.32 Å². The van der Waals surface area contributed by atoms with E-state index in [-0.39, 0.29) is 34.4 Å². The Labute approximate surface area is 212 Å². The molecule has 0 aliphatic carbocycles. The minimum Gasteiger partial charge on any atom is -0.348 e. The zero-order valence-electron chi connectivity index (χ0n) is 19.8. The molecule has 9 heteroatoms. The van der Waals surface area contributed by atoms with Gasteiger partial charge in [-0.15, -0.1) is 0 Å². The number of nitrogens with zero attached hydrogens (tertiary/aromatic N) is 3. The summed E-state index contributed by atoms with van der Waals surface area (Å²) in [6, 6.07) is 17.0. The summed E-state index contributed by atoms with van der Waals surface area (Å²) in [5.41, 5.74) is 0.757. The van der Waals surface area contributed by atoms with Crippen LogP contribution < -0.4 is 15.1 Å². The molecule has 4 rings (SSSR count). The molecule has 0 saturated carbocycles. The van der Waals surface area contributed by atoms with Gasteiger partial charge in [0.05, 0.1) is 11.3 Å². The molecule has 1 saturated heterocycles. The number of halogens is 2. The van der Waals surface area contributed by atoms with Gasteiger partial charge in [-0.05, 0) is 75.0 Å². The number of nitrogens with one attached hydrogen (secondary N) is 1. The molecule has 0 bridgehead atoms. The normalized spacial score (nSPS) is 14.7. The van der Waals surface area contributed by atoms with Crippen LogP contribution in [0.3, 0.4) is 0 Å². The van der Waals surface area contributed by atoms with Crippen LogP contribution in [-0.4, -0.2) is 22.5 Å². The first-order valence-corrected chi connectivity index (χ1v) is 11.5. The Bertz CT molecular complexity index is 1450. The van der Waals surface area contributed by atoms with Gasteiger partial charge < -0.3 is 10.2 Å². The average Bonchev–Trinajstić information content (AvgIpc) is 3.01. The Morgan fingerprint density at radius 1 is 1.06 bits per heavy atom. The van der Waals surface area contributed by atoms with Crippen LogP contribution in [0.1, 0.15) is 40.9 Å².